The monoisotopic (exact) mass is 289 g/mol. The SMILES string of the molecule is COc1cccc(CCNC(C)c2ccc(O)cc2F)c1. The zero-order chi connectivity index (χ0) is 15.2. The zero-order valence-electron chi connectivity index (χ0n) is 12.3. The van der Waals surface area contributed by atoms with Gasteiger partial charge in [0.15, 0.2) is 0 Å². The Labute approximate surface area is 124 Å². The molecule has 0 saturated carbocycles. The van der Waals surface area contributed by atoms with Crippen LogP contribution >= 0.6 is 0 Å². The molecular formula is C17H20FNO2. The number of nitrogens with one attached hydrogen (secondary N) is 1. The largest absolute Gasteiger partial charge is 0.508 e. The summed E-state index contributed by atoms with van der Waals surface area (Å²) in [5.41, 5.74) is 1.72. The molecule has 0 spiro atoms. The van der Waals surface area contributed by atoms with Crippen molar-refractivity contribution in [2.45, 2.75) is 19.4 Å². The zero-order valence-corrected chi connectivity index (χ0v) is 12.3. The fourth-order valence-electron chi connectivity index (χ4n) is 2.24. The first-order valence-corrected chi connectivity index (χ1v) is 6.95. The molecule has 2 aromatic rings. The van der Waals surface area contributed by atoms with Crippen LogP contribution < -0.4 is 10.1 Å². The molecule has 2 rings (SSSR count). The molecule has 0 bridgehead atoms. The molecule has 2 N–H and O–H groups in total. The Morgan fingerprint density at radius 3 is 2.76 bits per heavy atom. The molecular weight excluding hydrogens is 269 g/mol. The summed E-state index contributed by atoms with van der Waals surface area (Å²) in [5.74, 6) is 0.390. The van der Waals surface area contributed by atoms with Crippen LogP contribution in [0.2, 0.25) is 0 Å². The van der Waals surface area contributed by atoms with Crippen molar-refractivity contribution < 1.29 is 14.2 Å². The van der Waals surface area contributed by atoms with Crippen molar-refractivity contribution in [3.05, 3.63) is 59.4 Å². The third kappa shape index (κ3) is 4.20. The minimum atomic E-state index is -0.392. The number of hydrogen-bond acceptors (Lipinski definition) is 3. The number of phenols is 1. The summed E-state index contributed by atoms with van der Waals surface area (Å²) in [5, 5.41) is 12.5. The van der Waals surface area contributed by atoms with Crippen LogP contribution in [0.5, 0.6) is 11.5 Å². The maximum atomic E-state index is 13.7. The van der Waals surface area contributed by atoms with Gasteiger partial charge >= 0.3 is 0 Å². The second kappa shape index (κ2) is 7.09. The standard InChI is InChI=1S/C17H20FNO2/c1-12(16-7-6-14(20)11-17(16)18)19-9-8-13-4-3-5-15(10-13)21-2/h3-7,10-12,19-20H,8-9H2,1-2H3. The molecule has 1 unspecified atom stereocenters. The smallest absolute Gasteiger partial charge is 0.131 e. The van der Waals surface area contributed by atoms with Gasteiger partial charge in [-0.15, -0.1) is 0 Å². The van der Waals surface area contributed by atoms with Gasteiger partial charge in [-0.1, -0.05) is 18.2 Å². The molecule has 112 valence electrons. The Kier molecular flexibility index (Phi) is 5.17. The van der Waals surface area contributed by atoms with E-state index in [0.717, 1.165) is 24.8 Å². The van der Waals surface area contributed by atoms with Gasteiger partial charge in [0.2, 0.25) is 0 Å². The lowest BCUT2D eigenvalue weighted by molar-refractivity contribution is 0.414. The quantitative estimate of drug-likeness (QED) is 0.856. The van der Waals surface area contributed by atoms with E-state index in [2.05, 4.69) is 5.32 Å². The number of ether oxygens (including phenoxy) is 1. The Morgan fingerprint density at radius 1 is 1.24 bits per heavy atom. The predicted molar refractivity (Wildman–Crippen MR) is 81.2 cm³/mol. The highest BCUT2D eigenvalue weighted by Gasteiger charge is 2.10. The van der Waals surface area contributed by atoms with Crippen LogP contribution in [0.1, 0.15) is 24.1 Å². The van der Waals surface area contributed by atoms with Gasteiger partial charge in [0, 0.05) is 17.7 Å². The molecule has 0 amide bonds. The van der Waals surface area contributed by atoms with Crippen LogP contribution in [-0.2, 0) is 6.42 Å². The highest BCUT2D eigenvalue weighted by Crippen LogP contribution is 2.21. The predicted octanol–water partition coefficient (Wildman–Crippen LogP) is 3.43. The molecule has 0 fully saturated rings. The summed E-state index contributed by atoms with van der Waals surface area (Å²) in [6.45, 7) is 2.63. The average Bonchev–Trinajstić information content (AvgIpc) is 2.47. The fourth-order valence-corrected chi connectivity index (χ4v) is 2.24. The van der Waals surface area contributed by atoms with E-state index in [1.54, 1.807) is 13.2 Å². The van der Waals surface area contributed by atoms with E-state index in [0.29, 0.717) is 5.56 Å². The van der Waals surface area contributed by atoms with Crippen molar-refractivity contribution in [1.82, 2.24) is 5.32 Å². The van der Waals surface area contributed by atoms with Crippen LogP contribution in [-0.4, -0.2) is 18.8 Å². The number of phenolic OH excluding ortho intramolecular Hbond substituents is 1. The van der Waals surface area contributed by atoms with Crippen molar-refractivity contribution >= 4 is 0 Å². The molecule has 3 nitrogen and oxygen atoms in total. The molecule has 0 heterocycles. The first-order valence-electron chi connectivity index (χ1n) is 6.95. The van der Waals surface area contributed by atoms with E-state index < -0.39 is 5.82 Å². The van der Waals surface area contributed by atoms with Gasteiger partial charge in [-0.05, 0) is 43.7 Å². The van der Waals surface area contributed by atoms with E-state index in [9.17, 15) is 9.50 Å². The number of rotatable bonds is 6. The lowest BCUT2D eigenvalue weighted by Gasteiger charge is -2.15. The molecule has 2 aromatic carbocycles. The van der Waals surface area contributed by atoms with Crippen molar-refractivity contribution in [1.29, 1.82) is 0 Å². The van der Waals surface area contributed by atoms with Gasteiger partial charge in [0.05, 0.1) is 7.11 Å². The van der Waals surface area contributed by atoms with E-state index in [1.165, 1.54) is 11.6 Å². The van der Waals surface area contributed by atoms with Crippen molar-refractivity contribution in [3.63, 3.8) is 0 Å². The third-order valence-electron chi connectivity index (χ3n) is 3.45. The van der Waals surface area contributed by atoms with Gasteiger partial charge in [-0.25, -0.2) is 4.39 Å². The molecule has 1 atom stereocenters. The highest BCUT2D eigenvalue weighted by molar-refractivity contribution is 5.30. The number of aromatic hydroxyl groups is 1. The minimum Gasteiger partial charge on any atom is -0.508 e. The number of methoxy groups -OCH3 is 1. The van der Waals surface area contributed by atoms with Crippen LogP contribution in [0.25, 0.3) is 0 Å². The maximum Gasteiger partial charge on any atom is 0.131 e. The van der Waals surface area contributed by atoms with Gasteiger partial charge < -0.3 is 15.2 Å². The third-order valence-corrected chi connectivity index (χ3v) is 3.45. The van der Waals surface area contributed by atoms with Gasteiger partial charge in [0.25, 0.3) is 0 Å². The number of benzene rings is 2. The van der Waals surface area contributed by atoms with E-state index in [1.807, 2.05) is 31.2 Å². The molecule has 0 aromatic heterocycles. The van der Waals surface area contributed by atoms with Crippen molar-refractivity contribution in [2.24, 2.45) is 0 Å². The Bertz CT molecular complexity index is 601. The number of hydrogen-bond donors (Lipinski definition) is 2. The maximum absolute atomic E-state index is 13.7. The molecule has 0 aliphatic heterocycles. The van der Waals surface area contributed by atoms with Gasteiger partial charge in [-0.3, -0.25) is 0 Å². The van der Waals surface area contributed by atoms with E-state index >= 15 is 0 Å². The topological polar surface area (TPSA) is 41.5 Å². The summed E-state index contributed by atoms with van der Waals surface area (Å²) < 4.78 is 18.9. The molecule has 21 heavy (non-hydrogen) atoms. The average molecular weight is 289 g/mol. The lowest BCUT2D eigenvalue weighted by Crippen LogP contribution is -2.22. The second-order valence-corrected chi connectivity index (χ2v) is 4.98. The van der Waals surface area contributed by atoms with Crippen molar-refractivity contribution in [3.8, 4) is 11.5 Å². The molecule has 0 aliphatic rings. The first-order chi connectivity index (χ1) is 10.1. The fraction of sp³-hybridized carbons (Fsp3) is 0.294. The minimum absolute atomic E-state index is 0.0557. The van der Waals surface area contributed by atoms with Gasteiger partial charge in [-0.2, -0.15) is 0 Å². The van der Waals surface area contributed by atoms with Crippen LogP contribution in [0.3, 0.4) is 0 Å². The summed E-state index contributed by atoms with van der Waals surface area (Å²) in [6.07, 6.45) is 0.835. The van der Waals surface area contributed by atoms with E-state index in [-0.39, 0.29) is 11.8 Å². The normalized spacial score (nSPS) is 12.1. The summed E-state index contributed by atoms with van der Waals surface area (Å²) in [4.78, 5) is 0. The summed E-state index contributed by atoms with van der Waals surface area (Å²) >= 11 is 0. The second-order valence-electron chi connectivity index (χ2n) is 4.98. The number of halogens is 1. The van der Waals surface area contributed by atoms with Crippen molar-refractivity contribution in [2.75, 3.05) is 13.7 Å². The lowest BCUT2D eigenvalue weighted by atomic mass is 10.1. The first kappa shape index (κ1) is 15.3. The van der Waals surface area contributed by atoms with Crippen LogP contribution in [0.4, 0.5) is 4.39 Å². The van der Waals surface area contributed by atoms with Crippen LogP contribution in [0, 0.1) is 5.82 Å². The molecule has 0 radical (unpaired) electrons. The highest BCUT2D eigenvalue weighted by atomic mass is 19.1. The van der Waals surface area contributed by atoms with E-state index in [4.69, 9.17) is 4.74 Å². The Hall–Kier alpha value is -2.07. The Balaban J connectivity index is 1.90. The summed E-state index contributed by atoms with van der Waals surface area (Å²) in [6, 6.07) is 12.0. The van der Waals surface area contributed by atoms with Crippen LogP contribution in [0.15, 0.2) is 42.5 Å². The van der Waals surface area contributed by atoms with Gasteiger partial charge in [0.1, 0.15) is 17.3 Å². The summed E-state index contributed by atoms with van der Waals surface area (Å²) in [7, 11) is 1.65. The molecule has 4 heteroatoms. The Morgan fingerprint density at radius 2 is 2.05 bits per heavy atom. The molecule has 0 aliphatic carbocycles. The molecule has 0 saturated heterocycles.